The van der Waals surface area contributed by atoms with Gasteiger partial charge in [0.15, 0.2) is 0 Å². The maximum absolute atomic E-state index is 8.91. The van der Waals surface area contributed by atoms with E-state index in [-0.39, 0.29) is 18.6 Å². The van der Waals surface area contributed by atoms with Crippen LogP contribution >= 0.6 is 0 Å². The summed E-state index contributed by atoms with van der Waals surface area (Å²) in [6.45, 7) is 7.41. The molecule has 0 unspecified atom stereocenters. The zero-order valence-electron chi connectivity index (χ0n) is 16.6. The summed E-state index contributed by atoms with van der Waals surface area (Å²) >= 11 is 0. The Bertz CT molecular complexity index is 610. The third-order valence-electron chi connectivity index (χ3n) is 4.92. The minimum absolute atomic E-state index is 0.0125. The fourth-order valence-electron chi connectivity index (χ4n) is 3.20. The van der Waals surface area contributed by atoms with E-state index in [0.29, 0.717) is 19.1 Å². The Morgan fingerprint density at radius 3 is 1.52 bits per heavy atom. The van der Waals surface area contributed by atoms with Gasteiger partial charge in [0.2, 0.25) is 0 Å². The van der Waals surface area contributed by atoms with Crippen molar-refractivity contribution in [2.45, 2.75) is 39.0 Å². The first kappa shape index (κ1) is 21.3. The van der Waals surface area contributed by atoms with Gasteiger partial charge in [-0.3, -0.25) is 0 Å². The highest BCUT2D eigenvalue weighted by molar-refractivity contribution is 5.42. The summed E-state index contributed by atoms with van der Waals surface area (Å²) in [6, 6.07) is 16.3. The third kappa shape index (κ3) is 5.98. The molecule has 0 spiro atoms. The SMILES string of the molecule is CC(C)CCC(C)(c1ccc(OCCO)cc1)c1ccc(OCCO)cc1. The Morgan fingerprint density at radius 2 is 1.19 bits per heavy atom. The lowest BCUT2D eigenvalue weighted by Crippen LogP contribution is -2.24. The van der Waals surface area contributed by atoms with Crippen LogP contribution in [0, 0.1) is 5.92 Å². The molecular formula is C23H32O4. The molecule has 0 radical (unpaired) electrons. The second-order valence-corrected chi connectivity index (χ2v) is 7.46. The van der Waals surface area contributed by atoms with Gasteiger partial charge < -0.3 is 19.7 Å². The molecule has 0 atom stereocenters. The predicted molar refractivity (Wildman–Crippen MR) is 109 cm³/mol. The van der Waals surface area contributed by atoms with E-state index < -0.39 is 0 Å². The monoisotopic (exact) mass is 372 g/mol. The lowest BCUT2D eigenvalue weighted by molar-refractivity contribution is 0.201. The second kappa shape index (κ2) is 10.3. The molecule has 0 aromatic heterocycles. The first-order valence-electron chi connectivity index (χ1n) is 9.68. The summed E-state index contributed by atoms with van der Waals surface area (Å²) in [6.07, 6.45) is 2.17. The van der Waals surface area contributed by atoms with E-state index in [4.69, 9.17) is 19.7 Å². The van der Waals surface area contributed by atoms with Crippen molar-refractivity contribution in [3.8, 4) is 11.5 Å². The fraction of sp³-hybridized carbons (Fsp3) is 0.478. The maximum atomic E-state index is 8.91. The molecule has 4 heteroatoms. The van der Waals surface area contributed by atoms with Crippen molar-refractivity contribution < 1.29 is 19.7 Å². The Hall–Kier alpha value is -2.04. The minimum atomic E-state index is -0.116. The molecule has 2 aromatic carbocycles. The molecule has 0 aliphatic rings. The van der Waals surface area contributed by atoms with Gasteiger partial charge in [-0.15, -0.1) is 0 Å². The van der Waals surface area contributed by atoms with Gasteiger partial charge in [0, 0.05) is 5.41 Å². The van der Waals surface area contributed by atoms with Gasteiger partial charge in [-0.05, 0) is 54.2 Å². The van der Waals surface area contributed by atoms with Gasteiger partial charge in [-0.1, -0.05) is 45.0 Å². The van der Waals surface area contributed by atoms with E-state index in [1.165, 1.54) is 11.1 Å². The van der Waals surface area contributed by atoms with Crippen LogP contribution in [0.3, 0.4) is 0 Å². The Labute approximate surface area is 162 Å². The van der Waals surface area contributed by atoms with Crippen molar-refractivity contribution in [3.05, 3.63) is 59.7 Å². The zero-order chi connectivity index (χ0) is 19.7. The van der Waals surface area contributed by atoms with E-state index in [1.807, 2.05) is 24.3 Å². The molecule has 0 aliphatic carbocycles. The van der Waals surface area contributed by atoms with Crippen molar-refractivity contribution in [3.63, 3.8) is 0 Å². The van der Waals surface area contributed by atoms with Gasteiger partial charge in [0.25, 0.3) is 0 Å². The second-order valence-electron chi connectivity index (χ2n) is 7.46. The molecule has 27 heavy (non-hydrogen) atoms. The molecule has 2 rings (SSSR count). The van der Waals surface area contributed by atoms with E-state index in [0.717, 1.165) is 24.3 Å². The highest BCUT2D eigenvalue weighted by atomic mass is 16.5. The Morgan fingerprint density at radius 1 is 0.778 bits per heavy atom. The average Bonchev–Trinajstić information content (AvgIpc) is 2.69. The van der Waals surface area contributed by atoms with Gasteiger partial charge in [0.05, 0.1) is 13.2 Å². The topological polar surface area (TPSA) is 58.9 Å². The molecule has 0 heterocycles. The lowest BCUT2D eigenvalue weighted by Gasteiger charge is -2.32. The molecular weight excluding hydrogens is 340 g/mol. The molecule has 0 bridgehead atoms. The van der Waals surface area contributed by atoms with Crippen LogP contribution in [-0.4, -0.2) is 36.6 Å². The molecule has 0 fully saturated rings. The molecule has 2 aromatic rings. The van der Waals surface area contributed by atoms with Crippen LogP contribution in [-0.2, 0) is 5.41 Å². The van der Waals surface area contributed by atoms with Gasteiger partial charge in [0.1, 0.15) is 24.7 Å². The summed E-state index contributed by atoms with van der Waals surface area (Å²) < 4.78 is 11.0. The van der Waals surface area contributed by atoms with Crippen LogP contribution in [0.25, 0.3) is 0 Å². The normalized spacial score (nSPS) is 11.6. The molecule has 0 amide bonds. The van der Waals surface area contributed by atoms with E-state index in [9.17, 15) is 0 Å². The highest BCUT2D eigenvalue weighted by Gasteiger charge is 2.29. The van der Waals surface area contributed by atoms with Crippen LogP contribution in [0.15, 0.2) is 48.5 Å². The third-order valence-corrected chi connectivity index (χ3v) is 4.92. The lowest BCUT2D eigenvalue weighted by atomic mass is 9.72. The van der Waals surface area contributed by atoms with Gasteiger partial charge >= 0.3 is 0 Å². The number of ether oxygens (including phenoxy) is 2. The maximum Gasteiger partial charge on any atom is 0.119 e. The molecule has 0 aliphatic heterocycles. The van der Waals surface area contributed by atoms with Crippen molar-refractivity contribution in [2.24, 2.45) is 5.92 Å². The summed E-state index contributed by atoms with van der Waals surface area (Å²) in [5, 5.41) is 17.8. The number of hydrogen-bond donors (Lipinski definition) is 2. The van der Waals surface area contributed by atoms with Gasteiger partial charge in [-0.25, -0.2) is 0 Å². The summed E-state index contributed by atoms with van der Waals surface area (Å²) in [5.41, 5.74) is 2.36. The number of hydrogen-bond acceptors (Lipinski definition) is 4. The summed E-state index contributed by atoms with van der Waals surface area (Å²) in [5.74, 6) is 2.17. The molecule has 0 saturated heterocycles. The van der Waals surface area contributed by atoms with E-state index in [1.54, 1.807) is 0 Å². The average molecular weight is 373 g/mol. The van der Waals surface area contributed by atoms with E-state index in [2.05, 4.69) is 45.0 Å². The van der Waals surface area contributed by atoms with Crippen LogP contribution in [0.2, 0.25) is 0 Å². The van der Waals surface area contributed by atoms with Crippen molar-refractivity contribution in [1.82, 2.24) is 0 Å². The smallest absolute Gasteiger partial charge is 0.119 e. The number of benzene rings is 2. The van der Waals surface area contributed by atoms with Crippen molar-refractivity contribution >= 4 is 0 Å². The quantitative estimate of drug-likeness (QED) is 0.621. The van der Waals surface area contributed by atoms with Crippen molar-refractivity contribution in [1.29, 1.82) is 0 Å². The van der Waals surface area contributed by atoms with Crippen LogP contribution in [0.4, 0.5) is 0 Å². The Balaban J connectivity index is 2.28. The fourth-order valence-corrected chi connectivity index (χ4v) is 3.20. The largest absolute Gasteiger partial charge is 0.491 e. The molecule has 2 N–H and O–H groups in total. The first-order chi connectivity index (χ1) is 13.0. The first-order valence-corrected chi connectivity index (χ1v) is 9.68. The molecule has 0 saturated carbocycles. The Kier molecular flexibility index (Phi) is 8.14. The molecule has 4 nitrogen and oxygen atoms in total. The summed E-state index contributed by atoms with van der Waals surface area (Å²) in [4.78, 5) is 0. The van der Waals surface area contributed by atoms with Crippen LogP contribution in [0.1, 0.15) is 44.7 Å². The van der Waals surface area contributed by atoms with E-state index >= 15 is 0 Å². The predicted octanol–water partition coefficient (Wildman–Crippen LogP) is 4.17. The number of aliphatic hydroxyl groups is 2. The van der Waals surface area contributed by atoms with Crippen molar-refractivity contribution in [2.75, 3.05) is 26.4 Å². The zero-order valence-corrected chi connectivity index (χ0v) is 16.6. The molecule has 148 valence electrons. The number of aliphatic hydroxyl groups excluding tert-OH is 2. The van der Waals surface area contributed by atoms with Crippen LogP contribution < -0.4 is 9.47 Å². The number of rotatable bonds is 11. The van der Waals surface area contributed by atoms with Gasteiger partial charge in [-0.2, -0.15) is 0 Å². The minimum Gasteiger partial charge on any atom is -0.491 e. The standard InChI is InChI=1S/C23H32O4/c1-18(2)12-13-23(3,19-4-8-21(9-5-19)26-16-14-24)20-6-10-22(11-7-20)27-17-15-25/h4-11,18,24-25H,12-17H2,1-3H3. The summed E-state index contributed by atoms with van der Waals surface area (Å²) in [7, 11) is 0. The highest BCUT2D eigenvalue weighted by Crippen LogP contribution is 2.38. The van der Waals surface area contributed by atoms with Crippen LogP contribution in [0.5, 0.6) is 11.5 Å².